The molecule has 0 saturated heterocycles. The molecule has 1 aliphatic rings. The van der Waals surface area contributed by atoms with Crippen LogP contribution in [0.5, 0.6) is 5.75 Å². The molecular weight excluding hydrogens is 364 g/mol. The summed E-state index contributed by atoms with van der Waals surface area (Å²) in [4.78, 5) is 27.1. The molecule has 2 amide bonds. The summed E-state index contributed by atoms with van der Waals surface area (Å²) in [6.07, 6.45) is 0.239. The first-order valence-corrected chi connectivity index (χ1v) is 9.64. The van der Waals surface area contributed by atoms with Crippen molar-refractivity contribution in [3.63, 3.8) is 0 Å². The minimum Gasteiger partial charge on any atom is -0.491 e. The number of carbonyl (C=O) groups excluding carboxylic acids is 2. The molecule has 0 aliphatic carbocycles. The molecule has 0 spiro atoms. The van der Waals surface area contributed by atoms with Crippen molar-refractivity contribution < 1.29 is 14.3 Å². The number of carbonyl (C=O) groups is 2. The van der Waals surface area contributed by atoms with Gasteiger partial charge in [0.25, 0.3) is 0 Å². The van der Waals surface area contributed by atoms with Crippen molar-refractivity contribution in [3.8, 4) is 5.75 Å². The molecule has 0 radical (unpaired) electrons. The zero-order valence-corrected chi connectivity index (χ0v) is 16.0. The van der Waals surface area contributed by atoms with Crippen LogP contribution in [0.3, 0.4) is 0 Å². The molecule has 0 fully saturated rings. The van der Waals surface area contributed by atoms with Crippen LogP contribution in [0.4, 0.5) is 5.69 Å². The van der Waals surface area contributed by atoms with Crippen molar-refractivity contribution >= 4 is 17.5 Å². The van der Waals surface area contributed by atoms with E-state index in [0.29, 0.717) is 18.0 Å². The predicted molar refractivity (Wildman–Crippen MR) is 112 cm³/mol. The number of anilines is 1. The van der Waals surface area contributed by atoms with Crippen molar-refractivity contribution in [1.29, 1.82) is 0 Å². The molecule has 0 saturated carbocycles. The molecule has 0 atom stereocenters. The molecule has 1 N–H and O–H groups in total. The summed E-state index contributed by atoms with van der Waals surface area (Å²) in [6, 6.07) is 26.6. The standard InChI is InChI=1S/C24H22N2O3/c27-22(17-26-20-13-7-8-14-21(20)29-16-15-23(26)28)25-24(18-9-3-1-4-10-18)19-11-5-2-6-12-19/h1-14,24H,15-17H2,(H,25,27). The molecule has 0 unspecified atom stereocenters. The Morgan fingerprint density at radius 2 is 1.48 bits per heavy atom. The summed E-state index contributed by atoms with van der Waals surface area (Å²) >= 11 is 0. The lowest BCUT2D eigenvalue weighted by Crippen LogP contribution is -2.42. The van der Waals surface area contributed by atoms with E-state index in [2.05, 4.69) is 5.32 Å². The normalized spacial score (nSPS) is 13.4. The largest absolute Gasteiger partial charge is 0.491 e. The minimum atomic E-state index is -0.293. The SMILES string of the molecule is O=C(CN1C(=O)CCOc2ccccc21)NC(c1ccccc1)c1ccccc1. The van der Waals surface area contributed by atoms with Crippen molar-refractivity contribution in [2.45, 2.75) is 12.5 Å². The van der Waals surface area contributed by atoms with E-state index in [0.717, 1.165) is 11.1 Å². The fourth-order valence-electron chi connectivity index (χ4n) is 3.49. The summed E-state index contributed by atoms with van der Waals surface area (Å²) < 4.78 is 5.66. The van der Waals surface area contributed by atoms with Crippen LogP contribution < -0.4 is 15.0 Å². The fraction of sp³-hybridized carbons (Fsp3) is 0.167. The summed E-state index contributed by atoms with van der Waals surface area (Å²) in [5, 5.41) is 3.10. The number of para-hydroxylation sites is 2. The van der Waals surface area contributed by atoms with Crippen LogP contribution in [0, 0.1) is 0 Å². The first-order chi connectivity index (χ1) is 14.2. The van der Waals surface area contributed by atoms with Gasteiger partial charge in [-0.15, -0.1) is 0 Å². The number of amides is 2. The lowest BCUT2D eigenvalue weighted by atomic mass is 9.98. The average Bonchev–Trinajstić information content (AvgIpc) is 2.92. The highest BCUT2D eigenvalue weighted by atomic mass is 16.5. The summed E-state index contributed by atoms with van der Waals surface area (Å²) in [5.41, 5.74) is 2.59. The highest BCUT2D eigenvalue weighted by Gasteiger charge is 2.26. The maximum Gasteiger partial charge on any atom is 0.240 e. The topological polar surface area (TPSA) is 58.6 Å². The summed E-state index contributed by atoms with van der Waals surface area (Å²) in [7, 11) is 0. The Bertz CT molecular complexity index is 950. The van der Waals surface area contributed by atoms with E-state index in [9.17, 15) is 9.59 Å². The molecule has 3 aromatic carbocycles. The van der Waals surface area contributed by atoms with Gasteiger partial charge in [0, 0.05) is 0 Å². The van der Waals surface area contributed by atoms with Gasteiger partial charge in [0.2, 0.25) is 11.8 Å². The Labute approximate surface area is 169 Å². The highest BCUT2D eigenvalue weighted by Crippen LogP contribution is 2.31. The quantitative estimate of drug-likeness (QED) is 0.727. The summed E-state index contributed by atoms with van der Waals surface area (Å²) in [6.45, 7) is 0.250. The lowest BCUT2D eigenvalue weighted by molar-refractivity contribution is -0.124. The van der Waals surface area contributed by atoms with Crippen molar-refractivity contribution in [1.82, 2.24) is 5.32 Å². The number of benzene rings is 3. The van der Waals surface area contributed by atoms with E-state index >= 15 is 0 Å². The van der Waals surface area contributed by atoms with Crippen molar-refractivity contribution in [2.75, 3.05) is 18.1 Å². The molecule has 1 heterocycles. The monoisotopic (exact) mass is 386 g/mol. The van der Waals surface area contributed by atoms with Gasteiger partial charge in [-0.3, -0.25) is 14.5 Å². The molecule has 4 rings (SSSR count). The fourth-order valence-corrected chi connectivity index (χ4v) is 3.49. The van der Waals surface area contributed by atoms with Gasteiger partial charge in [-0.25, -0.2) is 0 Å². The average molecular weight is 386 g/mol. The highest BCUT2D eigenvalue weighted by molar-refractivity contribution is 6.00. The van der Waals surface area contributed by atoms with Gasteiger partial charge >= 0.3 is 0 Å². The van der Waals surface area contributed by atoms with Crippen LogP contribution >= 0.6 is 0 Å². The van der Waals surface area contributed by atoms with Crippen LogP contribution in [0.2, 0.25) is 0 Å². The van der Waals surface area contributed by atoms with Crippen LogP contribution in [0.1, 0.15) is 23.6 Å². The Morgan fingerprint density at radius 3 is 2.14 bits per heavy atom. The first kappa shape index (κ1) is 18.7. The minimum absolute atomic E-state index is 0.0601. The van der Waals surface area contributed by atoms with E-state index < -0.39 is 0 Å². The lowest BCUT2D eigenvalue weighted by Gasteiger charge is -2.24. The Morgan fingerprint density at radius 1 is 0.897 bits per heavy atom. The molecule has 146 valence electrons. The Hall–Kier alpha value is -3.60. The van der Waals surface area contributed by atoms with Gasteiger partial charge in [0.05, 0.1) is 24.8 Å². The molecular formula is C24H22N2O3. The van der Waals surface area contributed by atoms with Gasteiger partial charge in [-0.1, -0.05) is 72.8 Å². The van der Waals surface area contributed by atoms with Gasteiger partial charge in [0.1, 0.15) is 12.3 Å². The third-order valence-electron chi connectivity index (χ3n) is 4.90. The number of nitrogens with zero attached hydrogens (tertiary/aromatic N) is 1. The second-order valence-corrected chi connectivity index (χ2v) is 6.87. The maximum atomic E-state index is 13.0. The molecule has 29 heavy (non-hydrogen) atoms. The van der Waals surface area contributed by atoms with Crippen LogP contribution in [-0.2, 0) is 9.59 Å². The zero-order chi connectivity index (χ0) is 20.1. The number of hydrogen-bond acceptors (Lipinski definition) is 3. The van der Waals surface area contributed by atoms with E-state index in [4.69, 9.17) is 4.74 Å². The van der Waals surface area contributed by atoms with Crippen LogP contribution in [0.15, 0.2) is 84.9 Å². The zero-order valence-electron chi connectivity index (χ0n) is 16.0. The molecule has 0 aromatic heterocycles. The molecule has 0 bridgehead atoms. The number of ether oxygens (including phenoxy) is 1. The van der Waals surface area contributed by atoms with Gasteiger partial charge in [-0.05, 0) is 23.3 Å². The smallest absolute Gasteiger partial charge is 0.240 e. The van der Waals surface area contributed by atoms with Gasteiger partial charge in [0.15, 0.2) is 0 Å². The van der Waals surface area contributed by atoms with Crippen molar-refractivity contribution in [2.24, 2.45) is 0 Å². The molecule has 3 aromatic rings. The third-order valence-corrected chi connectivity index (χ3v) is 4.90. The molecule has 5 heteroatoms. The predicted octanol–water partition coefficient (Wildman–Crippen LogP) is 3.71. The van der Waals surface area contributed by atoms with E-state index in [1.54, 1.807) is 6.07 Å². The second-order valence-electron chi connectivity index (χ2n) is 6.87. The molecule has 5 nitrogen and oxygen atoms in total. The van der Waals surface area contributed by atoms with Crippen molar-refractivity contribution in [3.05, 3.63) is 96.1 Å². The van der Waals surface area contributed by atoms with E-state index in [1.807, 2.05) is 78.9 Å². The first-order valence-electron chi connectivity index (χ1n) is 9.64. The van der Waals surface area contributed by atoms with E-state index in [1.165, 1.54) is 4.90 Å². The number of nitrogens with one attached hydrogen (secondary N) is 1. The Kier molecular flexibility index (Phi) is 5.56. The Balaban J connectivity index is 1.58. The second kappa shape index (κ2) is 8.61. The maximum absolute atomic E-state index is 13.0. The van der Waals surface area contributed by atoms with Crippen LogP contribution in [0.25, 0.3) is 0 Å². The number of fused-ring (bicyclic) bond motifs is 1. The summed E-state index contributed by atoms with van der Waals surface area (Å²) in [5.74, 6) is 0.266. The van der Waals surface area contributed by atoms with E-state index in [-0.39, 0.29) is 30.8 Å². The number of hydrogen-bond donors (Lipinski definition) is 1. The van der Waals surface area contributed by atoms with Crippen LogP contribution in [-0.4, -0.2) is 25.0 Å². The third kappa shape index (κ3) is 4.29. The van der Waals surface area contributed by atoms with Gasteiger partial charge < -0.3 is 10.1 Å². The molecule has 1 aliphatic heterocycles. The number of rotatable bonds is 5. The van der Waals surface area contributed by atoms with Gasteiger partial charge in [-0.2, -0.15) is 0 Å².